The summed E-state index contributed by atoms with van der Waals surface area (Å²) in [5.41, 5.74) is 1.60. The summed E-state index contributed by atoms with van der Waals surface area (Å²) >= 11 is 12.1. The Labute approximate surface area is 145 Å². The van der Waals surface area contributed by atoms with Crippen LogP contribution in [0.4, 0.5) is 10.5 Å². The van der Waals surface area contributed by atoms with E-state index in [1.807, 2.05) is 0 Å². The van der Waals surface area contributed by atoms with Gasteiger partial charge in [0, 0.05) is 11.5 Å². The van der Waals surface area contributed by atoms with Gasteiger partial charge in [0.05, 0.1) is 21.8 Å². The number of amides is 2. The second-order valence-electron chi connectivity index (χ2n) is 6.21. The number of nitrogens with one attached hydrogen (secondary N) is 1. The smallest absolute Gasteiger partial charge is 0.431 e. The van der Waals surface area contributed by atoms with Gasteiger partial charge in [-0.15, -0.1) is 0 Å². The number of hydrogen-bond acceptors (Lipinski definition) is 3. The van der Waals surface area contributed by atoms with Crippen molar-refractivity contribution >= 4 is 40.9 Å². The molecule has 0 aliphatic rings. The van der Waals surface area contributed by atoms with Crippen molar-refractivity contribution in [2.45, 2.75) is 40.7 Å². The van der Waals surface area contributed by atoms with E-state index >= 15 is 0 Å². The van der Waals surface area contributed by atoms with Gasteiger partial charge < -0.3 is 9.84 Å². The fourth-order valence-electron chi connectivity index (χ4n) is 1.51. The van der Waals surface area contributed by atoms with Crippen molar-refractivity contribution in [3.05, 3.63) is 22.2 Å². The fourth-order valence-corrected chi connectivity index (χ4v) is 2.03. The Morgan fingerprint density at radius 1 is 1.22 bits per heavy atom. The minimum absolute atomic E-state index is 0.0526. The normalized spacial score (nSPS) is 11.3. The topological polar surface area (TPSA) is 78.9 Å². The number of halogens is 2. The second-order valence-corrected chi connectivity index (χ2v) is 7.02. The summed E-state index contributed by atoms with van der Waals surface area (Å²) in [6.45, 7) is 8.61. The summed E-state index contributed by atoms with van der Waals surface area (Å²) in [6, 6.07) is 2.75. The molecule has 0 fully saturated rings. The molecule has 128 valence electrons. The average Bonchev–Trinajstić information content (AvgIpc) is 2.37. The van der Waals surface area contributed by atoms with Crippen LogP contribution in [0.15, 0.2) is 12.1 Å². The SMILES string of the molecule is CC(C)Oc1cc(N(NC(=O)C(C)(C)C)C(=O)O)c(Cl)cc1Cl. The highest BCUT2D eigenvalue weighted by molar-refractivity contribution is 6.37. The van der Waals surface area contributed by atoms with E-state index in [9.17, 15) is 14.7 Å². The third-order valence-corrected chi connectivity index (χ3v) is 3.29. The van der Waals surface area contributed by atoms with Crippen LogP contribution in [-0.4, -0.2) is 23.2 Å². The highest BCUT2D eigenvalue weighted by atomic mass is 35.5. The number of hydrazine groups is 1. The van der Waals surface area contributed by atoms with Crippen LogP contribution in [-0.2, 0) is 4.79 Å². The van der Waals surface area contributed by atoms with E-state index in [-0.39, 0.29) is 27.6 Å². The Hall–Kier alpha value is -1.66. The Morgan fingerprint density at radius 2 is 1.78 bits per heavy atom. The van der Waals surface area contributed by atoms with E-state index in [0.717, 1.165) is 0 Å². The molecule has 23 heavy (non-hydrogen) atoms. The number of nitrogens with zero attached hydrogens (tertiary/aromatic N) is 1. The summed E-state index contributed by atoms with van der Waals surface area (Å²) in [6.07, 6.45) is -1.55. The van der Waals surface area contributed by atoms with Gasteiger partial charge in [-0.3, -0.25) is 10.2 Å². The molecule has 2 N–H and O–H groups in total. The van der Waals surface area contributed by atoms with Gasteiger partial charge in [-0.25, -0.2) is 4.79 Å². The maximum Gasteiger partial charge on any atom is 0.431 e. The maximum absolute atomic E-state index is 12.1. The molecule has 8 heteroatoms. The predicted molar refractivity (Wildman–Crippen MR) is 90.3 cm³/mol. The molecule has 0 aliphatic heterocycles. The molecule has 0 bridgehead atoms. The van der Waals surface area contributed by atoms with Crippen LogP contribution < -0.4 is 15.2 Å². The van der Waals surface area contributed by atoms with Gasteiger partial charge in [0.1, 0.15) is 5.75 Å². The van der Waals surface area contributed by atoms with E-state index < -0.39 is 17.4 Å². The van der Waals surface area contributed by atoms with Gasteiger partial charge in [0.15, 0.2) is 0 Å². The minimum atomic E-state index is -1.39. The maximum atomic E-state index is 12.1. The molecule has 0 saturated heterocycles. The quantitative estimate of drug-likeness (QED) is 0.783. The van der Waals surface area contributed by atoms with Crippen LogP contribution in [0, 0.1) is 5.41 Å². The number of carboxylic acid groups (broad SMARTS) is 1. The zero-order valence-electron chi connectivity index (χ0n) is 13.6. The summed E-state index contributed by atoms with van der Waals surface area (Å²) in [7, 11) is 0. The molecule has 0 spiro atoms. The Balaban J connectivity index is 3.27. The molecule has 0 atom stereocenters. The molecule has 0 radical (unpaired) electrons. The second kappa shape index (κ2) is 7.27. The van der Waals surface area contributed by atoms with Crippen molar-refractivity contribution in [3.8, 4) is 5.75 Å². The molecule has 0 aromatic heterocycles. The van der Waals surface area contributed by atoms with E-state index in [2.05, 4.69) is 5.43 Å². The van der Waals surface area contributed by atoms with Crippen LogP contribution in [0.2, 0.25) is 10.0 Å². The van der Waals surface area contributed by atoms with E-state index in [0.29, 0.717) is 5.01 Å². The minimum Gasteiger partial charge on any atom is -0.489 e. The summed E-state index contributed by atoms with van der Waals surface area (Å²) in [4.78, 5) is 23.6. The van der Waals surface area contributed by atoms with Gasteiger partial charge in [-0.05, 0) is 19.9 Å². The van der Waals surface area contributed by atoms with Crippen LogP contribution in [0.1, 0.15) is 34.6 Å². The molecule has 0 unspecified atom stereocenters. The lowest BCUT2D eigenvalue weighted by atomic mass is 9.96. The van der Waals surface area contributed by atoms with Crippen LogP contribution in [0.3, 0.4) is 0 Å². The molecule has 1 aromatic rings. The molecular formula is C15H20Cl2N2O4. The van der Waals surface area contributed by atoms with Crippen molar-refractivity contribution in [2.75, 3.05) is 5.01 Å². The first-order chi connectivity index (χ1) is 10.4. The fraction of sp³-hybridized carbons (Fsp3) is 0.467. The third-order valence-electron chi connectivity index (χ3n) is 2.69. The van der Waals surface area contributed by atoms with E-state index in [1.165, 1.54) is 12.1 Å². The van der Waals surface area contributed by atoms with E-state index in [4.69, 9.17) is 27.9 Å². The average molecular weight is 363 g/mol. The number of hydrogen-bond donors (Lipinski definition) is 2. The number of benzene rings is 1. The van der Waals surface area contributed by atoms with Gasteiger partial charge in [0.25, 0.3) is 0 Å². The molecule has 6 nitrogen and oxygen atoms in total. The highest BCUT2D eigenvalue weighted by Gasteiger charge is 2.28. The lowest BCUT2D eigenvalue weighted by molar-refractivity contribution is -0.128. The molecule has 0 saturated carbocycles. The molecule has 2 amide bonds. The Kier molecular flexibility index (Phi) is 6.13. The van der Waals surface area contributed by atoms with Crippen LogP contribution in [0.25, 0.3) is 0 Å². The van der Waals surface area contributed by atoms with Gasteiger partial charge in [-0.1, -0.05) is 44.0 Å². The standard InChI is InChI=1S/C15H20Cl2N2O4/c1-8(2)23-12-7-11(9(16)6-10(12)17)19(14(21)22)18-13(20)15(3,4)5/h6-8H,1-5H3,(H,18,20)(H,21,22). The van der Waals surface area contributed by atoms with Crippen molar-refractivity contribution < 1.29 is 19.4 Å². The zero-order chi connectivity index (χ0) is 17.9. The highest BCUT2D eigenvalue weighted by Crippen LogP contribution is 2.36. The number of carbonyl (C=O) groups is 2. The van der Waals surface area contributed by atoms with Crippen LogP contribution >= 0.6 is 23.2 Å². The monoisotopic (exact) mass is 362 g/mol. The number of rotatable bonds is 3. The first-order valence-corrected chi connectivity index (χ1v) is 7.69. The summed E-state index contributed by atoms with van der Waals surface area (Å²) in [5, 5.41) is 10.4. The largest absolute Gasteiger partial charge is 0.489 e. The van der Waals surface area contributed by atoms with Gasteiger partial charge in [0.2, 0.25) is 5.91 Å². The Morgan fingerprint density at radius 3 is 2.22 bits per heavy atom. The third kappa shape index (κ3) is 5.18. The van der Waals surface area contributed by atoms with Crippen LogP contribution in [0.5, 0.6) is 5.75 Å². The Bertz CT molecular complexity index is 612. The number of ether oxygens (including phenoxy) is 1. The van der Waals surface area contributed by atoms with Gasteiger partial charge >= 0.3 is 6.09 Å². The van der Waals surface area contributed by atoms with E-state index in [1.54, 1.807) is 34.6 Å². The predicted octanol–water partition coefficient (Wildman–Crippen LogP) is 4.34. The summed E-state index contributed by atoms with van der Waals surface area (Å²) in [5.74, 6) is -0.199. The van der Waals surface area contributed by atoms with Crippen molar-refractivity contribution in [1.29, 1.82) is 0 Å². The zero-order valence-corrected chi connectivity index (χ0v) is 15.1. The number of carbonyl (C=O) groups excluding carboxylic acids is 1. The lowest BCUT2D eigenvalue weighted by Gasteiger charge is -2.26. The molecule has 1 rings (SSSR count). The van der Waals surface area contributed by atoms with Crippen molar-refractivity contribution in [1.82, 2.24) is 5.43 Å². The molecule has 0 heterocycles. The van der Waals surface area contributed by atoms with Crippen molar-refractivity contribution in [3.63, 3.8) is 0 Å². The first kappa shape index (κ1) is 19.4. The molecular weight excluding hydrogens is 343 g/mol. The lowest BCUT2D eigenvalue weighted by Crippen LogP contribution is -2.50. The summed E-state index contributed by atoms with van der Waals surface area (Å²) < 4.78 is 5.52. The number of anilines is 1. The molecule has 1 aromatic carbocycles. The first-order valence-electron chi connectivity index (χ1n) is 6.93. The van der Waals surface area contributed by atoms with Gasteiger partial charge in [-0.2, -0.15) is 5.01 Å². The molecule has 0 aliphatic carbocycles. The van der Waals surface area contributed by atoms with Crippen molar-refractivity contribution in [2.24, 2.45) is 5.41 Å².